The van der Waals surface area contributed by atoms with Crippen LogP contribution in [0.25, 0.3) is 0 Å². The highest BCUT2D eigenvalue weighted by Gasteiger charge is 2.12. The monoisotopic (exact) mass is 281 g/mol. The number of rotatable bonds is 5. The first kappa shape index (κ1) is 14.0. The average Bonchev–Trinajstić information content (AvgIpc) is 2.85. The molecule has 2 N–H and O–H groups in total. The molecule has 0 aliphatic rings. The summed E-state index contributed by atoms with van der Waals surface area (Å²) in [7, 11) is 0. The van der Waals surface area contributed by atoms with Gasteiger partial charge in [-0.1, -0.05) is 13.0 Å². The Morgan fingerprint density at radius 3 is 3.00 bits per heavy atom. The van der Waals surface area contributed by atoms with Crippen molar-refractivity contribution in [3.63, 3.8) is 0 Å². The van der Waals surface area contributed by atoms with Gasteiger partial charge >= 0.3 is 6.61 Å². The van der Waals surface area contributed by atoms with Crippen molar-refractivity contribution in [1.29, 1.82) is 0 Å². The standard InChI is InChI=1S/C13H13F2N3O2/c1-2-8-7-16-18-11(8)17-12(19)9-4-3-5-10(6-9)20-13(14)15/h3-7,13H,2H2,1H3,(H2,16,17,18,19). The Kier molecular flexibility index (Phi) is 4.29. The summed E-state index contributed by atoms with van der Waals surface area (Å²) >= 11 is 0. The van der Waals surface area contributed by atoms with Crippen molar-refractivity contribution in [2.75, 3.05) is 5.32 Å². The highest BCUT2D eigenvalue weighted by atomic mass is 19.3. The van der Waals surface area contributed by atoms with Crippen LogP contribution in [0.4, 0.5) is 14.6 Å². The Morgan fingerprint density at radius 2 is 2.30 bits per heavy atom. The molecule has 1 aromatic carbocycles. The van der Waals surface area contributed by atoms with Gasteiger partial charge in [0, 0.05) is 11.1 Å². The minimum absolute atomic E-state index is 0.0621. The summed E-state index contributed by atoms with van der Waals surface area (Å²) in [5.41, 5.74) is 1.08. The molecule has 0 aliphatic heterocycles. The molecule has 7 heteroatoms. The Labute approximate surface area is 114 Å². The van der Waals surface area contributed by atoms with Gasteiger partial charge in [-0.25, -0.2) is 0 Å². The van der Waals surface area contributed by atoms with E-state index in [0.29, 0.717) is 12.2 Å². The summed E-state index contributed by atoms with van der Waals surface area (Å²) in [6, 6.07) is 5.59. The van der Waals surface area contributed by atoms with Crippen LogP contribution in [0, 0.1) is 0 Å². The maximum atomic E-state index is 12.1. The molecule has 0 bridgehead atoms. The van der Waals surface area contributed by atoms with E-state index in [4.69, 9.17) is 0 Å². The van der Waals surface area contributed by atoms with Gasteiger partial charge in [-0.2, -0.15) is 13.9 Å². The van der Waals surface area contributed by atoms with Crippen LogP contribution in [0.1, 0.15) is 22.8 Å². The molecule has 5 nitrogen and oxygen atoms in total. The van der Waals surface area contributed by atoms with E-state index in [0.717, 1.165) is 5.56 Å². The number of halogens is 2. The molecule has 1 aromatic heterocycles. The number of amides is 1. The quantitative estimate of drug-likeness (QED) is 0.885. The van der Waals surface area contributed by atoms with Crippen LogP contribution in [0.5, 0.6) is 5.75 Å². The number of carbonyl (C=O) groups is 1. The number of hydrogen-bond donors (Lipinski definition) is 2. The molecule has 20 heavy (non-hydrogen) atoms. The normalized spacial score (nSPS) is 10.6. The molecule has 0 aliphatic carbocycles. The fourth-order valence-corrected chi connectivity index (χ4v) is 1.69. The SMILES string of the molecule is CCc1cn[nH]c1NC(=O)c1cccc(OC(F)F)c1. The van der Waals surface area contributed by atoms with E-state index < -0.39 is 12.5 Å². The average molecular weight is 281 g/mol. The summed E-state index contributed by atoms with van der Waals surface area (Å²) in [5.74, 6) is 0.00863. The van der Waals surface area contributed by atoms with Gasteiger partial charge in [-0.15, -0.1) is 0 Å². The van der Waals surface area contributed by atoms with Gasteiger partial charge < -0.3 is 10.1 Å². The lowest BCUT2D eigenvalue weighted by Crippen LogP contribution is -2.13. The molecule has 1 amide bonds. The van der Waals surface area contributed by atoms with Crippen LogP contribution < -0.4 is 10.1 Å². The van der Waals surface area contributed by atoms with Gasteiger partial charge in [0.1, 0.15) is 11.6 Å². The van der Waals surface area contributed by atoms with Gasteiger partial charge in [0.2, 0.25) is 0 Å². The molecule has 2 rings (SSSR count). The number of H-pyrrole nitrogens is 1. The second kappa shape index (κ2) is 6.14. The number of aromatic nitrogens is 2. The van der Waals surface area contributed by atoms with Gasteiger partial charge in [0.25, 0.3) is 5.91 Å². The van der Waals surface area contributed by atoms with E-state index >= 15 is 0 Å². The molecule has 0 saturated heterocycles. The molecule has 0 fully saturated rings. The largest absolute Gasteiger partial charge is 0.435 e. The molecule has 0 spiro atoms. The highest BCUT2D eigenvalue weighted by molar-refractivity contribution is 6.04. The second-order valence-electron chi connectivity index (χ2n) is 3.98. The van der Waals surface area contributed by atoms with Crippen molar-refractivity contribution in [3.05, 3.63) is 41.6 Å². The van der Waals surface area contributed by atoms with E-state index in [1.807, 2.05) is 6.92 Å². The number of aromatic amines is 1. The molecule has 106 valence electrons. The minimum Gasteiger partial charge on any atom is -0.435 e. The number of benzene rings is 1. The van der Waals surface area contributed by atoms with Gasteiger partial charge in [-0.3, -0.25) is 9.89 Å². The number of carbonyl (C=O) groups excluding carboxylic acids is 1. The third-order valence-electron chi connectivity index (χ3n) is 2.66. The van der Waals surface area contributed by atoms with Crippen LogP contribution >= 0.6 is 0 Å². The topological polar surface area (TPSA) is 67.0 Å². The predicted molar refractivity (Wildman–Crippen MR) is 69.0 cm³/mol. The Bertz CT molecular complexity index is 599. The molecule has 0 radical (unpaired) electrons. The van der Waals surface area contributed by atoms with Crippen LogP contribution in [0.3, 0.4) is 0 Å². The summed E-state index contributed by atoms with van der Waals surface area (Å²) in [6.07, 6.45) is 2.33. The van der Waals surface area contributed by atoms with Crippen molar-refractivity contribution in [3.8, 4) is 5.75 Å². The first-order valence-corrected chi connectivity index (χ1v) is 5.98. The third kappa shape index (κ3) is 3.31. The number of nitrogens with one attached hydrogen (secondary N) is 2. The van der Waals surface area contributed by atoms with Crippen LogP contribution in [-0.4, -0.2) is 22.7 Å². The van der Waals surface area contributed by atoms with Gasteiger partial charge in [0.15, 0.2) is 0 Å². The maximum Gasteiger partial charge on any atom is 0.387 e. The van der Waals surface area contributed by atoms with E-state index in [-0.39, 0.29) is 11.3 Å². The fraction of sp³-hybridized carbons (Fsp3) is 0.231. The zero-order valence-electron chi connectivity index (χ0n) is 10.7. The van der Waals surface area contributed by atoms with Crippen molar-refractivity contribution in [1.82, 2.24) is 10.2 Å². The van der Waals surface area contributed by atoms with E-state index in [2.05, 4.69) is 20.3 Å². The molecule has 1 heterocycles. The first-order chi connectivity index (χ1) is 9.60. The number of hydrogen-bond acceptors (Lipinski definition) is 3. The molecule has 2 aromatic rings. The third-order valence-corrected chi connectivity index (χ3v) is 2.66. The smallest absolute Gasteiger partial charge is 0.387 e. The van der Waals surface area contributed by atoms with Crippen LogP contribution in [0.15, 0.2) is 30.5 Å². The Hall–Kier alpha value is -2.44. The lowest BCUT2D eigenvalue weighted by Gasteiger charge is -2.07. The minimum atomic E-state index is -2.92. The predicted octanol–water partition coefficient (Wildman–Crippen LogP) is 2.83. The number of nitrogens with zero attached hydrogens (tertiary/aromatic N) is 1. The molecule has 0 unspecified atom stereocenters. The molecule has 0 saturated carbocycles. The van der Waals surface area contributed by atoms with Crippen molar-refractivity contribution in [2.45, 2.75) is 20.0 Å². The second-order valence-corrected chi connectivity index (χ2v) is 3.98. The summed E-state index contributed by atoms with van der Waals surface area (Å²) in [4.78, 5) is 12.0. The zero-order valence-corrected chi connectivity index (χ0v) is 10.7. The van der Waals surface area contributed by atoms with E-state index in [9.17, 15) is 13.6 Å². The summed E-state index contributed by atoms with van der Waals surface area (Å²) < 4.78 is 28.5. The number of aryl methyl sites for hydroxylation is 1. The fourth-order valence-electron chi connectivity index (χ4n) is 1.69. The zero-order chi connectivity index (χ0) is 14.5. The Balaban J connectivity index is 2.13. The van der Waals surface area contributed by atoms with Crippen molar-refractivity contribution < 1.29 is 18.3 Å². The maximum absolute atomic E-state index is 12.1. The first-order valence-electron chi connectivity index (χ1n) is 5.98. The van der Waals surface area contributed by atoms with E-state index in [1.54, 1.807) is 6.20 Å². The van der Waals surface area contributed by atoms with Crippen LogP contribution in [-0.2, 0) is 6.42 Å². The van der Waals surface area contributed by atoms with Gasteiger partial charge in [-0.05, 0) is 24.6 Å². The van der Waals surface area contributed by atoms with Crippen molar-refractivity contribution in [2.24, 2.45) is 0 Å². The summed E-state index contributed by atoms with van der Waals surface area (Å²) in [6.45, 7) is -0.995. The molecular weight excluding hydrogens is 268 g/mol. The molecule has 0 atom stereocenters. The number of alkyl halides is 2. The number of anilines is 1. The van der Waals surface area contributed by atoms with E-state index in [1.165, 1.54) is 24.3 Å². The Morgan fingerprint density at radius 1 is 1.50 bits per heavy atom. The lowest BCUT2D eigenvalue weighted by atomic mass is 10.2. The van der Waals surface area contributed by atoms with Crippen LogP contribution in [0.2, 0.25) is 0 Å². The van der Waals surface area contributed by atoms with Gasteiger partial charge in [0.05, 0.1) is 6.20 Å². The summed E-state index contributed by atoms with van der Waals surface area (Å²) in [5, 5.41) is 9.14. The lowest BCUT2D eigenvalue weighted by molar-refractivity contribution is -0.0498. The molecular formula is C13H13F2N3O2. The number of ether oxygens (including phenoxy) is 1. The van der Waals surface area contributed by atoms with Crippen molar-refractivity contribution >= 4 is 11.7 Å². The highest BCUT2D eigenvalue weighted by Crippen LogP contribution is 2.18.